The topological polar surface area (TPSA) is 43.9 Å². The first kappa shape index (κ1) is 11.0. The van der Waals surface area contributed by atoms with Crippen molar-refractivity contribution in [2.45, 2.75) is 26.8 Å². The molecular formula is C14H15N3O. The van der Waals surface area contributed by atoms with Gasteiger partial charge in [-0.25, -0.2) is 0 Å². The summed E-state index contributed by atoms with van der Waals surface area (Å²) in [6.45, 7) is 4.75. The van der Waals surface area contributed by atoms with Gasteiger partial charge in [0.25, 0.3) is 0 Å². The van der Waals surface area contributed by atoms with Crippen LogP contribution in [0.4, 0.5) is 0 Å². The second kappa shape index (κ2) is 4.29. The van der Waals surface area contributed by atoms with Crippen LogP contribution in [0.1, 0.15) is 24.3 Å². The van der Waals surface area contributed by atoms with Crippen LogP contribution in [0.15, 0.2) is 34.9 Å². The summed E-state index contributed by atoms with van der Waals surface area (Å²) in [6, 6.07) is 8.43. The average Bonchev–Trinajstić information content (AvgIpc) is 2.98. The molecule has 2 heterocycles. The highest BCUT2D eigenvalue weighted by Gasteiger charge is 2.08. The molecule has 0 radical (unpaired) electrons. The molecular weight excluding hydrogens is 226 g/mol. The van der Waals surface area contributed by atoms with Crippen LogP contribution in [0.25, 0.3) is 10.9 Å². The summed E-state index contributed by atoms with van der Waals surface area (Å²) in [5, 5.41) is 9.31. The average molecular weight is 241 g/mol. The van der Waals surface area contributed by atoms with E-state index in [1.807, 2.05) is 6.92 Å². The van der Waals surface area contributed by atoms with Crippen molar-refractivity contribution >= 4 is 10.9 Å². The first-order valence-electron chi connectivity index (χ1n) is 6.13. The summed E-state index contributed by atoms with van der Waals surface area (Å²) in [6.07, 6.45) is 2.84. The van der Waals surface area contributed by atoms with Gasteiger partial charge in [-0.1, -0.05) is 19.1 Å². The van der Waals surface area contributed by atoms with Crippen molar-refractivity contribution in [3.8, 4) is 0 Å². The Kier molecular flexibility index (Phi) is 2.63. The van der Waals surface area contributed by atoms with Crippen molar-refractivity contribution in [3.05, 3.63) is 47.8 Å². The number of hydrogen-bond donors (Lipinski definition) is 0. The Morgan fingerprint density at radius 3 is 2.78 bits per heavy atom. The fourth-order valence-electron chi connectivity index (χ4n) is 2.16. The Hall–Kier alpha value is -2.10. The molecule has 4 nitrogen and oxygen atoms in total. The smallest absolute Gasteiger partial charge is 0.236 e. The highest BCUT2D eigenvalue weighted by molar-refractivity contribution is 5.83. The van der Waals surface area contributed by atoms with Crippen LogP contribution < -0.4 is 0 Å². The predicted octanol–water partition coefficient (Wildman–Crippen LogP) is 2.94. The Morgan fingerprint density at radius 2 is 2.00 bits per heavy atom. The van der Waals surface area contributed by atoms with E-state index in [1.165, 1.54) is 16.5 Å². The standard InChI is InChI=1S/C14H15N3O/c1-3-13-15-16-14(18-13)9-17-8-7-11-10(2)5-4-6-12(11)17/h4-8H,3,9H2,1-2H3. The third-order valence-electron chi connectivity index (χ3n) is 3.15. The highest BCUT2D eigenvalue weighted by atomic mass is 16.4. The normalized spacial score (nSPS) is 11.2. The molecule has 0 amide bonds. The second-order valence-corrected chi connectivity index (χ2v) is 4.39. The fourth-order valence-corrected chi connectivity index (χ4v) is 2.16. The Labute approximate surface area is 105 Å². The van der Waals surface area contributed by atoms with Crippen LogP contribution in [-0.2, 0) is 13.0 Å². The van der Waals surface area contributed by atoms with Gasteiger partial charge in [0.15, 0.2) is 0 Å². The lowest BCUT2D eigenvalue weighted by Gasteiger charge is -2.02. The zero-order valence-electron chi connectivity index (χ0n) is 10.6. The third kappa shape index (κ3) is 1.79. The van der Waals surface area contributed by atoms with Crippen molar-refractivity contribution in [1.29, 1.82) is 0 Å². The third-order valence-corrected chi connectivity index (χ3v) is 3.15. The van der Waals surface area contributed by atoms with Crippen LogP contribution in [0.5, 0.6) is 0 Å². The van der Waals surface area contributed by atoms with Gasteiger partial charge in [0, 0.05) is 23.5 Å². The van der Waals surface area contributed by atoms with Crippen LogP contribution in [0.2, 0.25) is 0 Å². The zero-order chi connectivity index (χ0) is 12.5. The summed E-state index contributed by atoms with van der Waals surface area (Å²) in [7, 11) is 0. The van der Waals surface area contributed by atoms with Crippen molar-refractivity contribution in [2.75, 3.05) is 0 Å². The molecule has 0 unspecified atom stereocenters. The minimum Gasteiger partial charge on any atom is -0.423 e. The maximum absolute atomic E-state index is 5.54. The second-order valence-electron chi connectivity index (χ2n) is 4.39. The van der Waals surface area contributed by atoms with Crippen molar-refractivity contribution in [1.82, 2.24) is 14.8 Å². The van der Waals surface area contributed by atoms with Crippen LogP contribution in [0, 0.1) is 6.92 Å². The number of fused-ring (bicyclic) bond motifs is 1. The molecule has 0 saturated heterocycles. The van der Waals surface area contributed by atoms with Gasteiger partial charge in [-0.2, -0.15) is 0 Å². The van der Waals surface area contributed by atoms with E-state index in [1.54, 1.807) is 0 Å². The molecule has 0 atom stereocenters. The molecule has 0 fully saturated rings. The van der Waals surface area contributed by atoms with Crippen LogP contribution >= 0.6 is 0 Å². The molecule has 0 bridgehead atoms. The maximum atomic E-state index is 5.54. The van der Waals surface area contributed by atoms with Crippen molar-refractivity contribution < 1.29 is 4.42 Å². The van der Waals surface area contributed by atoms with E-state index in [2.05, 4.69) is 52.2 Å². The first-order valence-corrected chi connectivity index (χ1v) is 6.13. The molecule has 4 heteroatoms. The lowest BCUT2D eigenvalue weighted by atomic mass is 10.1. The quantitative estimate of drug-likeness (QED) is 0.708. The summed E-state index contributed by atoms with van der Waals surface area (Å²) in [4.78, 5) is 0. The largest absolute Gasteiger partial charge is 0.423 e. The number of aromatic nitrogens is 3. The van der Waals surface area contributed by atoms with Gasteiger partial charge in [-0.15, -0.1) is 10.2 Å². The molecule has 0 saturated carbocycles. The van der Waals surface area contributed by atoms with Gasteiger partial charge >= 0.3 is 0 Å². The molecule has 1 aromatic carbocycles. The zero-order valence-corrected chi connectivity index (χ0v) is 10.6. The van der Waals surface area contributed by atoms with E-state index in [4.69, 9.17) is 4.42 Å². The fraction of sp³-hybridized carbons (Fsp3) is 0.286. The molecule has 0 spiro atoms. The SMILES string of the molecule is CCc1nnc(Cn2ccc3c(C)cccc32)o1. The molecule has 0 N–H and O–H groups in total. The van der Waals surface area contributed by atoms with Gasteiger partial charge in [0.2, 0.25) is 11.8 Å². The van der Waals surface area contributed by atoms with E-state index >= 15 is 0 Å². The van der Waals surface area contributed by atoms with Crippen molar-refractivity contribution in [3.63, 3.8) is 0 Å². The lowest BCUT2D eigenvalue weighted by molar-refractivity contribution is 0.444. The number of benzene rings is 1. The van der Waals surface area contributed by atoms with Gasteiger partial charge in [0.05, 0.1) is 0 Å². The number of hydrogen-bond acceptors (Lipinski definition) is 3. The summed E-state index contributed by atoms with van der Waals surface area (Å²) in [5.41, 5.74) is 2.48. The summed E-state index contributed by atoms with van der Waals surface area (Å²) in [5.74, 6) is 1.35. The Bertz CT molecular complexity index is 681. The minimum atomic E-state index is 0.625. The van der Waals surface area contributed by atoms with Gasteiger partial charge in [-0.3, -0.25) is 0 Å². The number of rotatable bonds is 3. The van der Waals surface area contributed by atoms with E-state index in [-0.39, 0.29) is 0 Å². The Balaban J connectivity index is 1.97. The number of aryl methyl sites for hydroxylation is 2. The Morgan fingerprint density at radius 1 is 1.17 bits per heavy atom. The predicted molar refractivity (Wildman–Crippen MR) is 69.5 cm³/mol. The van der Waals surface area contributed by atoms with Crippen LogP contribution in [0.3, 0.4) is 0 Å². The lowest BCUT2D eigenvalue weighted by Crippen LogP contribution is -1.98. The van der Waals surface area contributed by atoms with E-state index in [9.17, 15) is 0 Å². The molecule has 2 aromatic heterocycles. The van der Waals surface area contributed by atoms with Crippen molar-refractivity contribution in [2.24, 2.45) is 0 Å². The van der Waals surface area contributed by atoms with Crippen LogP contribution in [-0.4, -0.2) is 14.8 Å². The molecule has 92 valence electrons. The van der Waals surface area contributed by atoms with E-state index in [0.717, 1.165) is 6.42 Å². The van der Waals surface area contributed by atoms with E-state index < -0.39 is 0 Å². The van der Waals surface area contributed by atoms with E-state index in [0.29, 0.717) is 18.3 Å². The summed E-state index contributed by atoms with van der Waals surface area (Å²) < 4.78 is 7.68. The molecule has 0 aliphatic heterocycles. The molecule has 3 rings (SSSR count). The monoisotopic (exact) mass is 241 g/mol. The molecule has 0 aliphatic carbocycles. The molecule has 0 aliphatic rings. The molecule has 3 aromatic rings. The van der Waals surface area contributed by atoms with Gasteiger partial charge in [0.1, 0.15) is 6.54 Å². The van der Waals surface area contributed by atoms with Gasteiger partial charge in [-0.05, 0) is 24.6 Å². The maximum Gasteiger partial charge on any atom is 0.236 e. The van der Waals surface area contributed by atoms with Gasteiger partial charge < -0.3 is 8.98 Å². The minimum absolute atomic E-state index is 0.625. The summed E-state index contributed by atoms with van der Waals surface area (Å²) >= 11 is 0. The number of nitrogens with zero attached hydrogens (tertiary/aromatic N) is 3. The highest BCUT2D eigenvalue weighted by Crippen LogP contribution is 2.20. The first-order chi connectivity index (χ1) is 8.78. The molecule has 18 heavy (non-hydrogen) atoms.